The van der Waals surface area contributed by atoms with Gasteiger partial charge in [0.15, 0.2) is 0 Å². The first-order valence-corrected chi connectivity index (χ1v) is 25.1. The fraction of sp³-hybridized carbons (Fsp3) is 0.620. The molecule has 2 aromatic heterocycles. The molecule has 2 fully saturated rings. The van der Waals surface area contributed by atoms with Crippen LogP contribution in [-0.4, -0.2) is 106 Å². The van der Waals surface area contributed by atoms with Gasteiger partial charge >= 0.3 is 36.9 Å². The summed E-state index contributed by atoms with van der Waals surface area (Å²) in [6, 6.07) is -0.0334. The Morgan fingerprint density at radius 1 is 0.545 bits per heavy atom. The lowest BCUT2D eigenvalue weighted by atomic mass is 9.87. The Morgan fingerprint density at radius 2 is 0.883 bits per heavy atom. The molecule has 2 aliphatic heterocycles. The summed E-state index contributed by atoms with van der Waals surface area (Å²) in [4.78, 5) is 53.9. The molecule has 428 valence electrons. The van der Waals surface area contributed by atoms with Crippen LogP contribution in [0.25, 0.3) is 0 Å². The van der Waals surface area contributed by atoms with Crippen molar-refractivity contribution >= 4 is 30.0 Å². The lowest BCUT2D eigenvalue weighted by molar-refractivity contribution is -0.144. The Bertz CT molecular complexity index is 2540. The van der Waals surface area contributed by atoms with Crippen LogP contribution in [0.1, 0.15) is 145 Å². The van der Waals surface area contributed by atoms with E-state index in [0.29, 0.717) is 50.7 Å². The number of anilines is 2. The molecule has 4 aromatic rings. The minimum Gasteiger partial charge on any atom is -0.447 e. The number of alkyl halides is 12. The molecular formula is C50H64F12N10O5. The number of amides is 3. The zero-order valence-corrected chi connectivity index (χ0v) is 44.2. The smallest absolute Gasteiger partial charge is 0.416 e. The van der Waals surface area contributed by atoms with E-state index >= 15 is 0 Å². The predicted octanol–water partition coefficient (Wildman–Crippen LogP) is 12.5. The molecule has 6 rings (SSSR count). The molecule has 15 nitrogen and oxygen atoms in total. The summed E-state index contributed by atoms with van der Waals surface area (Å²) in [5, 5.41) is 8.43. The molecule has 3 amide bonds. The Labute approximate surface area is 437 Å². The van der Waals surface area contributed by atoms with Crippen LogP contribution in [0.2, 0.25) is 0 Å². The Morgan fingerprint density at radius 3 is 1.19 bits per heavy atom. The molecule has 2 saturated heterocycles. The summed E-state index contributed by atoms with van der Waals surface area (Å²) < 4.78 is 176. The number of rotatable bonds is 13. The number of benzene rings is 2. The second-order valence-corrected chi connectivity index (χ2v) is 19.6. The first-order chi connectivity index (χ1) is 35.7. The summed E-state index contributed by atoms with van der Waals surface area (Å²) >= 11 is 0. The van der Waals surface area contributed by atoms with E-state index < -0.39 is 88.7 Å². The molecule has 2 unspecified atom stereocenters. The van der Waals surface area contributed by atoms with E-state index in [1.54, 1.807) is 49.4 Å². The third-order valence-electron chi connectivity index (χ3n) is 13.2. The topological polar surface area (TPSA) is 144 Å². The van der Waals surface area contributed by atoms with Crippen LogP contribution in [0.3, 0.4) is 0 Å². The van der Waals surface area contributed by atoms with Crippen molar-refractivity contribution < 1.29 is 76.5 Å². The number of aryl methyl sites for hydroxylation is 2. The van der Waals surface area contributed by atoms with Crippen molar-refractivity contribution in [3.63, 3.8) is 0 Å². The third kappa shape index (κ3) is 15.5. The number of likely N-dealkylation sites (tertiary alicyclic amines) is 2. The number of piperidine rings is 2. The highest BCUT2D eigenvalue weighted by Gasteiger charge is 2.46. The summed E-state index contributed by atoms with van der Waals surface area (Å²) in [6.45, 7) is 14.2. The first-order valence-electron chi connectivity index (χ1n) is 25.1. The van der Waals surface area contributed by atoms with Gasteiger partial charge in [0.1, 0.15) is 12.7 Å². The second kappa shape index (κ2) is 24.6. The van der Waals surface area contributed by atoms with E-state index in [1.165, 1.54) is 29.1 Å². The highest BCUT2D eigenvalue weighted by molar-refractivity contribution is 6.06. The van der Waals surface area contributed by atoms with Gasteiger partial charge in [-0.3, -0.25) is 19.1 Å². The Hall–Kier alpha value is -6.31. The largest absolute Gasteiger partial charge is 0.447 e. The lowest BCUT2D eigenvalue weighted by Crippen LogP contribution is -2.58. The zero-order valence-electron chi connectivity index (χ0n) is 44.2. The van der Waals surface area contributed by atoms with Crippen molar-refractivity contribution in [2.45, 2.75) is 186 Å². The Kier molecular flexibility index (Phi) is 19.6. The number of nitrogens with zero attached hydrogens (tertiary/aromatic N) is 10. The van der Waals surface area contributed by atoms with Crippen LogP contribution in [0.5, 0.6) is 0 Å². The van der Waals surface area contributed by atoms with E-state index in [-0.39, 0.29) is 79.3 Å². The van der Waals surface area contributed by atoms with Crippen LogP contribution < -0.4 is 9.80 Å². The van der Waals surface area contributed by atoms with E-state index in [9.17, 15) is 67.1 Å². The quantitative estimate of drug-likeness (QED) is 0.119. The van der Waals surface area contributed by atoms with Gasteiger partial charge in [-0.15, -0.1) is 10.2 Å². The van der Waals surface area contributed by atoms with Gasteiger partial charge in [0, 0.05) is 62.5 Å². The molecule has 0 radical (unpaired) electrons. The van der Waals surface area contributed by atoms with Crippen LogP contribution in [0, 0.1) is 0 Å². The van der Waals surface area contributed by atoms with Crippen molar-refractivity contribution in [2.24, 2.45) is 14.1 Å². The van der Waals surface area contributed by atoms with Crippen molar-refractivity contribution in [1.82, 2.24) is 39.3 Å². The summed E-state index contributed by atoms with van der Waals surface area (Å²) in [5.74, 6) is -1.08. The van der Waals surface area contributed by atoms with Crippen LogP contribution >= 0.6 is 0 Å². The van der Waals surface area contributed by atoms with Crippen molar-refractivity contribution in [1.29, 1.82) is 0 Å². The van der Waals surface area contributed by atoms with Crippen LogP contribution in [0.15, 0.2) is 49.1 Å². The Balaban J connectivity index is 0.000000284. The minimum atomic E-state index is -5.12. The molecule has 0 N–H and O–H groups in total. The lowest BCUT2D eigenvalue weighted by Gasteiger charge is -2.47. The monoisotopic (exact) mass is 1110 g/mol. The first kappa shape index (κ1) is 61.5. The number of halogens is 12. The SMILES string of the molecule is CC[C@@H]1CC(N(C(=O)c2cc(C(F)(F)F)cc(C(F)(F)F)c2)c2ncn(C)n2)C[C@H](CC)N1C(=O)OC(C)C.CC[C@@H]1CC(N(Cc2cc(C(F)(F)F)cc(C(F)(F)F)c2)c2ncn(C)n2)C[C@H](CC)N1C(=O)OC(C)C. The maximum Gasteiger partial charge on any atom is 0.416 e. The van der Waals surface area contributed by atoms with Gasteiger partial charge in [0.2, 0.25) is 5.95 Å². The van der Waals surface area contributed by atoms with E-state index in [0.717, 1.165) is 17.0 Å². The average molecular weight is 1110 g/mol. The molecule has 4 heterocycles. The van der Waals surface area contributed by atoms with Gasteiger partial charge in [-0.1, -0.05) is 27.7 Å². The van der Waals surface area contributed by atoms with Gasteiger partial charge in [-0.2, -0.15) is 52.7 Å². The number of aromatic nitrogens is 6. The number of hydrogen-bond donors (Lipinski definition) is 0. The molecule has 0 spiro atoms. The summed E-state index contributed by atoms with van der Waals surface area (Å²) in [6.07, 6.45) is -15.8. The number of hydrogen-bond acceptors (Lipinski definition) is 10. The molecule has 6 atom stereocenters. The third-order valence-corrected chi connectivity index (χ3v) is 13.2. The van der Waals surface area contributed by atoms with E-state index in [1.807, 2.05) is 27.7 Å². The molecule has 2 aromatic carbocycles. The maximum absolute atomic E-state index is 13.8. The van der Waals surface area contributed by atoms with E-state index in [2.05, 4.69) is 20.2 Å². The zero-order chi connectivity index (χ0) is 57.7. The fourth-order valence-corrected chi connectivity index (χ4v) is 9.74. The minimum absolute atomic E-state index is 0.0286. The standard InChI is InChI=1S/C25H31F6N5O3.C25H33F6N5O2/c1-6-18-11-20(12-19(7-2)35(18)23(38)39-14(3)4)36(22-32-13-34(5)33-22)21(37)15-8-16(24(26,27)28)10-17(9-15)25(29,30)31;1-6-19-11-21(12-20(7-2)36(19)23(37)38-15(3)4)35(22-32-14-34(5)33-22)13-16-8-17(24(26,27)28)10-18(9-16)25(29,30)31/h8-10,13-14,18-20H,6-7,11-12H2,1-5H3;8-10,14-15,19-21H,6-7,11-13H2,1-5H3/t18-,19+,20?;19-,20+,21?. The number of carbonyl (C=O) groups is 3. The molecule has 77 heavy (non-hydrogen) atoms. The van der Waals surface area contributed by atoms with Crippen LogP contribution in [0.4, 0.5) is 74.2 Å². The fourth-order valence-electron chi connectivity index (χ4n) is 9.74. The maximum atomic E-state index is 13.8. The number of ether oxygens (including phenoxy) is 2. The molecule has 27 heteroatoms. The number of carbonyl (C=O) groups excluding carboxylic acids is 3. The van der Waals surface area contributed by atoms with Crippen molar-refractivity contribution in [3.05, 3.63) is 82.4 Å². The van der Waals surface area contributed by atoms with Crippen LogP contribution in [-0.2, 0) is 54.8 Å². The molecule has 0 aliphatic carbocycles. The molecule has 0 saturated carbocycles. The summed E-state index contributed by atoms with van der Waals surface area (Å²) in [7, 11) is 3.13. The van der Waals surface area contributed by atoms with Gasteiger partial charge in [-0.25, -0.2) is 19.6 Å². The normalized spacial score (nSPS) is 20.5. The molecule has 0 bridgehead atoms. The highest BCUT2D eigenvalue weighted by atomic mass is 19.4. The van der Waals surface area contributed by atoms with Gasteiger partial charge in [0.25, 0.3) is 11.9 Å². The van der Waals surface area contributed by atoms with Gasteiger partial charge < -0.3 is 24.2 Å². The van der Waals surface area contributed by atoms with Crippen molar-refractivity contribution in [3.8, 4) is 0 Å². The van der Waals surface area contributed by atoms with Gasteiger partial charge in [-0.05, 0) is 121 Å². The van der Waals surface area contributed by atoms with Crippen molar-refractivity contribution in [2.75, 3.05) is 9.80 Å². The van der Waals surface area contributed by atoms with E-state index in [4.69, 9.17) is 9.47 Å². The predicted molar refractivity (Wildman–Crippen MR) is 257 cm³/mol. The van der Waals surface area contributed by atoms with Gasteiger partial charge in [0.05, 0.1) is 34.5 Å². The molecular weight excluding hydrogens is 1050 g/mol. The summed E-state index contributed by atoms with van der Waals surface area (Å²) in [5.41, 5.74) is -6.91. The molecule has 2 aliphatic rings. The highest BCUT2D eigenvalue weighted by Crippen LogP contribution is 2.41. The average Bonchev–Trinajstić information content (AvgIpc) is 3.97. The second-order valence-electron chi connectivity index (χ2n) is 19.6.